The van der Waals surface area contributed by atoms with Crippen molar-refractivity contribution in [1.82, 2.24) is 15.2 Å². The van der Waals surface area contributed by atoms with Crippen LogP contribution in [0, 0.1) is 0 Å². The van der Waals surface area contributed by atoms with Crippen LogP contribution in [-0.2, 0) is 14.8 Å². The van der Waals surface area contributed by atoms with Crippen molar-refractivity contribution in [2.75, 3.05) is 17.6 Å². The summed E-state index contributed by atoms with van der Waals surface area (Å²) >= 11 is 0. The molecule has 1 rings (SSSR count). The molecule has 0 saturated heterocycles. The van der Waals surface area contributed by atoms with E-state index in [0.29, 0.717) is 0 Å². The highest BCUT2D eigenvalue weighted by Crippen LogP contribution is 2.07. The van der Waals surface area contributed by atoms with Crippen molar-refractivity contribution in [2.24, 2.45) is 0 Å². The number of aromatic nitrogens is 3. The average molecular weight is 264 g/mol. The van der Waals surface area contributed by atoms with Gasteiger partial charge in [-0.3, -0.25) is 9.52 Å². The molecule has 0 bridgehead atoms. The van der Waals surface area contributed by atoms with E-state index >= 15 is 0 Å². The summed E-state index contributed by atoms with van der Waals surface area (Å²) in [7, 11) is -2.29. The Labute approximate surface area is 97.3 Å². The zero-order valence-corrected chi connectivity index (χ0v) is 9.82. The fourth-order valence-corrected chi connectivity index (χ4v) is 2.01. The molecule has 0 aliphatic rings. The van der Waals surface area contributed by atoms with Gasteiger partial charge in [-0.2, -0.15) is 4.98 Å². The zero-order chi connectivity index (χ0) is 12.9. The van der Waals surface area contributed by atoms with Crippen LogP contribution >= 0.6 is 0 Å². The van der Waals surface area contributed by atoms with Crippen LogP contribution in [0.4, 0.5) is 5.95 Å². The number of H-pyrrole nitrogens is 1. The van der Waals surface area contributed by atoms with Gasteiger partial charge in [0.15, 0.2) is 0 Å². The molecule has 0 unspecified atom stereocenters. The van der Waals surface area contributed by atoms with Gasteiger partial charge in [0.05, 0.1) is 12.9 Å². The number of hydrogen-bond donors (Lipinski definition) is 3. The lowest BCUT2D eigenvalue weighted by Crippen LogP contribution is -2.18. The van der Waals surface area contributed by atoms with E-state index in [9.17, 15) is 13.2 Å². The van der Waals surface area contributed by atoms with Crippen molar-refractivity contribution in [3.05, 3.63) is 0 Å². The Kier molecular flexibility index (Phi) is 4.26. The van der Waals surface area contributed by atoms with Gasteiger partial charge in [-0.05, 0) is 6.42 Å². The number of rotatable bonds is 7. The van der Waals surface area contributed by atoms with Crippen molar-refractivity contribution < 1.29 is 23.1 Å². The summed E-state index contributed by atoms with van der Waals surface area (Å²) in [5, 5.41) is 14.2. The minimum atomic E-state index is -3.63. The number of carboxylic acids is 1. The number of methoxy groups -OCH3 is 1. The molecule has 1 aromatic heterocycles. The normalized spacial score (nSPS) is 11.1. The van der Waals surface area contributed by atoms with Crippen LogP contribution in [0.25, 0.3) is 0 Å². The Morgan fingerprint density at radius 2 is 2.29 bits per heavy atom. The summed E-state index contributed by atoms with van der Waals surface area (Å²) in [6.45, 7) is 0. The fraction of sp³-hybridized carbons (Fsp3) is 0.571. The van der Waals surface area contributed by atoms with Gasteiger partial charge in [-0.15, -0.1) is 5.10 Å². The molecule has 0 aliphatic carbocycles. The van der Waals surface area contributed by atoms with Gasteiger partial charge in [0, 0.05) is 6.42 Å². The Hall–Kier alpha value is -1.84. The Bertz CT molecular complexity index is 482. The van der Waals surface area contributed by atoms with Crippen molar-refractivity contribution >= 4 is 21.9 Å². The molecule has 0 aliphatic heterocycles. The third-order valence-electron chi connectivity index (χ3n) is 1.70. The number of aliphatic carboxylic acids is 1. The minimum Gasteiger partial charge on any atom is -0.481 e. The quantitative estimate of drug-likeness (QED) is 0.599. The maximum absolute atomic E-state index is 11.4. The fourth-order valence-electron chi connectivity index (χ4n) is 0.995. The maximum Gasteiger partial charge on any atom is 0.336 e. The number of hydrogen-bond acceptors (Lipinski definition) is 6. The second-order valence-electron chi connectivity index (χ2n) is 3.09. The highest BCUT2D eigenvalue weighted by Gasteiger charge is 2.14. The van der Waals surface area contributed by atoms with E-state index in [1.54, 1.807) is 0 Å². The Morgan fingerprint density at radius 3 is 2.82 bits per heavy atom. The van der Waals surface area contributed by atoms with Gasteiger partial charge in [0.25, 0.3) is 0 Å². The summed E-state index contributed by atoms with van der Waals surface area (Å²) in [5.74, 6) is -1.42. The highest BCUT2D eigenvalue weighted by atomic mass is 32.2. The van der Waals surface area contributed by atoms with E-state index in [-0.39, 0.29) is 30.6 Å². The number of nitrogens with one attached hydrogen (secondary N) is 2. The molecule has 96 valence electrons. The highest BCUT2D eigenvalue weighted by molar-refractivity contribution is 7.92. The van der Waals surface area contributed by atoms with Crippen LogP contribution in [0.3, 0.4) is 0 Å². The van der Waals surface area contributed by atoms with Gasteiger partial charge < -0.3 is 9.84 Å². The third-order valence-corrected chi connectivity index (χ3v) is 3.03. The topological polar surface area (TPSA) is 134 Å². The van der Waals surface area contributed by atoms with Gasteiger partial charge >= 0.3 is 12.0 Å². The molecule has 0 spiro atoms. The van der Waals surface area contributed by atoms with Crippen molar-refractivity contribution in [1.29, 1.82) is 0 Å². The predicted molar refractivity (Wildman–Crippen MR) is 57.2 cm³/mol. The molecule has 0 atom stereocenters. The van der Waals surface area contributed by atoms with Gasteiger partial charge in [-0.1, -0.05) is 0 Å². The number of anilines is 1. The van der Waals surface area contributed by atoms with Crippen LogP contribution < -0.4 is 9.46 Å². The molecule has 9 nitrogen and oxygen atoms in total. The first-order chi connectivity index (χ1) is 7.93. The number of sulfonamides is 1. The number of carboxylic acid groups (broad SMARTS) is 1. The largest absolute Gasteiger partial charge is 0.481 e. The SMILES string of the molecule is COc1n[nH]c(NS(=O)(=O)CCCC(=O)O)n1. The van der Waals surface area contributed by atoms with Crippen LogP contribution in [-0.4, -0.2) is 47.5 Å². The van der Waals surface area contributed by atoms with E-state index in [0.717, 1.165) is 0 Å². The first kappa shape index (κ1) is 13.2. The van der Waals surface area contributed by atoms with Crippen LogP contribution in [0.15, 0.2) is 0 Å². The molecule has 10 heteroatoms. The second kappa shape index (κ2) is 5.48. The van der Waals surface area contributed by atoms with Crippen molar-refractivity contribution in [2.45, 2.75) is 12.8 Å². The van der Waals surface area contributed by atoms with Crippen LogP contribution in [0.1, 0.15) is 12.8 Å². The number of aromatic amines is 1. The molecular weight excluding hydrogens is 252 g/mol. The Morgan fingerprint density at radius 1 is 1.59 bits per heavy atom. The van der Waals surface area contributed by atoms with Crippen LogP contribution in [0.5, 0.6) is 6.01 Å². The lowest BCUT2D eigenvalue weighted by atomic mass is 10.3. The van der Waals surface area contributed by atoms with Crippen molar-refractivity contribution in [3.8, 4) is 6.01 Å². The van der Waals surface area contributed by atoms with Crippen molar-refractivity contribution in [3.63, 3.8) is 0 Å². The molecule has 3 N–H and O–H groups in total. The Balaban J connectivity index is 2.51. The second-order valence-corrected chi connectivity index (χ2v) is 4.93. The summed E-state index contributed by atoms with van der Waals surface area (Å²) in [6, 6.07) is 0.00763. The van der Waals surface area contributed by atoms with E-state index in [1.807, 2.05) is 0 Å². The third kappa shape index (κ3) is 4.68. The first-order valence-corrected chi connectivity index (χ1v) is 6.27. The number of ether oxygens (including phenoxy) is 1. The van der Waals surface area contributed by atoms with E-state index in [4.69, 9.17) is 5.11 Å². The lowest BCUT2D eigenvalue weighted by molar-refractivity contribution is -0.137. The molecule has 1 aromatic rings. The van der Waals surface area contributed by atoms with Gasteiger partial charge in [0.1, 0.15) is 0 Å². The number of carbonyl (C=O) groups is 1. The predicted octanol–water partition coefficient (Wildman–Crippen LogP) is -0.580. The van der Waals surface area contributed by atoms with Crippen LogP contribution in [0.2, 0.25) is 0 Å². The monoisotopic (exact) mass is 264 g/mol. The van der Waals surface area contributed by atoms with E-state index in [2.05, 4.69) is 24.6 Å². The smallest absolute Gasteiger partial charge is 0.336 e. The molecule has 0 amide bonds. The molecule has 1 heterocycles. The maximum atomic E-state index is 11.4. The molecule has 0 fully saturated rings. The number of nitrogens with zero attached hydrogens (tertiary/aromatic N) is 2. The average Bonchev–Trinajstić information content (AvgIpc) is 2.63. The molecule has 0 radical (unpaired) electrons. The van der Waals surface area contributed by atoms with E-state index < -0.39 is 16.0 Å². The molecular formula is C7H12N4O5S. The molecule has 0 saturated carbocycles. The first-order valence-electron chi connectivity index (χ1n) is 4.61. The summed E-state index contributed by atoms with van der Waals surface area (Å²) in [6.07, 6.45) is -0.184. The zero-order valence-electron chi connectivity index (χ0n) is 9.00. The van der Waals surface area contributed by atoms with Gasteiger partial charge in [0.2, 0.25) is 16.0 Å². The molecule has 0 aromatic carbocycles. The minimum absolute atomic E-state index is 0.00763. The lowest BCUT2D eigenvalue weighted by Gasteiger charge is -2.02. The van der Waals surface area contributed by atoms with E-state index in [1.165, 1.54) is 7.11 Å². The van der Waals surface area contributed by atoms with Gasteiger partial charge in [-0.25, -0.2) is 13.5 Å². The molecule has 17 heavy (non-hydrogen) atoms. The summed E-state index contributed by atoms with van der Waals surface area (Å²) in [4.78, 5) is 13.9. The summed E-state index contributed by atoms with van der Waals surface area (Å²) < 4.78 is 29.7. The standard InChI is InChI=1S/C7H12N4O5S/c1-16-7-8-6(9-10-7)11-17(14,15)4-2-3-5(12)13/h2-4H2,1H3,(H,12,13)(H2,8,9,10,11). The summed E-state index contributed by atoms with van der Waals surface area (Å²) in [5.41, 5.74) is 0.